The van der Waals surface area contributed by atoms with Gasteiger partial charge in [0.1, 0.15) is 5.82 Å². The third-order valence-electron chi connectivity index (χ3n) is 4.37. The first kappa shape index (κ1) is 14.1. The fraction of sp³-hybridized carbons (Fsp3) is 0.353. The van der Waals surface area contributed by atoms with Crippen LogP contribution in [0.2, 0.25) is 0 Å². The second-order valence-electron chi connectivity index (χ2n) is 5.74. The highest BCUT2D eigenvalue weighted by Crippen LogP contribution is 2.29. The molecule has 2 aliphatic rings. The summed E-state index contributed by atoms with van der Waals surface area (Å²) in [7, 11) is 0. The van der Waals surface area contributed by atoms with Crippen molar-refractivity contribution in [2.45, 2.75) is 12.5 Å². The number of ether oxygens (including phenoxy) is 1. The highest BCUT2D eigenvalue weighted by Gasteiger charge is 2.34. The number of aromatic nitrogens is 2. The second-order valence-corrected chi connectivity index (χ2v) is 5.74. The van der Waals surface area contributed by atoms with Crippen molar-refractivity contribution >= 4 is 17.4 Å². The molecule has 1 amide bonds. The van der Waals surface area contributed by atoms with E-state index in [0.29, 0.717) is 13.2 Å². The molecule has 6 nitrogen and oxygen atoms in total. The molecule has 2 aromatic rings. The van der Waals surface area contributed by atoms with E-state index in [2.05, 4.69) is 20.9 Å². The maximum atomic E-state index is 12.9. The molecule has 1 fully saturated rings. The summed E-state index contributed by atoms with van der Waals surface area (Å²) < 4.78 is 5.74. The van der Waals surface area contributed by atoms with Crippen LogP contribution in [0.5, 0.6) is 0 Å². The van der Waals surface area contributed by atoms with Gasteiger partial charge in [-0.1, -0.05) is 18.2 Å². The largest absolute Gasteiger partial charge is 0.365 e. The van der Waals surface area contributed by atoms with E-state index in [9.17, 15) is 4.79 Å². The zero-order valence-electron chi connectivity index (χ0n) is 12.8. The molecule has 1 saturated heterocycles. The van der Waals surface area contributed by atoms with Gasteiger partial charge in [0.25, 0.3) is 5.91 Å². The minimum atomic E-state index is -0.461. The van der Waals surface area contributed by atoms with Crippen molar-refractivity contribution in [2.24, 2.45) is 0 Å². The van der Waals surface area contributed by atoms with Gasteiger partial charge in [-0.15, -0.1) is 0 Å². The van der Waals surface area contributed by atoms with E-state index in [-0.39, 0.29) is 5.91 Å². The predicted octanol–water partition coefficient (Wildman–Crippen LogP) is 1.27. The van der Waals surface area contributed by atoms with Gasteiger partial charge < -0.3 is 14.5 Å². The summed E-state index contributed by atoms with van der Waals surface area (Å²) in [5, 5.41) is 0. The Morgan fingerprint density at radius 3 is 3.00 bits per heavy atom. The number of hydrogen-bond donors (Lipinski definition) is 0. The zero-order valence-corrected chi connectivity index (χ0v) is 12.8. The maximum Gasteiger partial charge on any atom is 0.257 e. The van der Waals surface area contributed by atoms with Crippen LogP contribution in [0.25, 0.3) is 0 Å². The van der Waals surface area contributed by atoms with Gasteiger partial charge in [-0.2, -0.15) is 0 Å². The van der Waals surface area contributed by atoms with Crippen LogP contribution in [-0.4, -0.2) is 48.2 Å². The van der Waals surface area contributed by atoms with Gasteiger partial charge in [-0.3, -0.25) is 9.78 Å². The number of carbonyl (C=O) groups excluding carboxylic acids is 1. The first-order valence-electron chi connectivity index (χ1n) is 7.85. The standard InChI is InChI=1S/C17H18N4O2/c22-17(21-8-5-13-3-1-2-4-14(13)21)15-12-20(9-10-23-15)16-11-18-6-7-19-16/h1-4,6-7,11,15H,5,8-10,12H2. The lowest BCUT2D eigenvalue weighted by molar-refractivity contribution is -0.130. The molecular formula is C17H18N4O2. The number of nitrogens with zero attached hydrogens (tertiary/aromatic N) is 4. The number of hydrogen-bond acceptors (Lipinski definition) is 5. The van der Waals surface area contributed by atoms with Gasteiger partial charge in [-0.25, -0.2) is 4.98 Å². The van der Waals surface area contributed by atoms with E-state index < -0.39 is 6.10 Å². The average molecular weight is 310 g/mol. The lowest BCUT2D eigenvalue weighted by Gasteiger charge is -2.34. The summed E-state index contributed by atoms with van der Waals surface area (Å²) in [5.74, 6) is 0.818. The van der Waals surface area contributed by atoms with Gasteiger partial charge in [0.2, 0.25) is 0 Å². The molecule has 2 aliphatic heterocycles. The molecule has 1 atom stereocenters. The summed E-state index contributed by atoms with van der Waals surface area (Å²) >= 11 is 0. The molecule has 1 aromatic carbocycles. The molecule has 0 spiro atoms. The molecule has 0 radical (unpaired) electrons. The number of amides is 1. The Kier molecular flexibility index (Phi) is 3.67. The van der Waals surface area contributed by atoms with Crippen LogP contribution >= 0.6 is 0 Å². The number of anilines is 2. The second kappa shape index (κ2) is 5.96. The molecule has 118 valence electrons. The molecule has 3 heterocycles. The first-order chi connectivity index (χ1) is 11.3. The third kappa shape index (κ3) is 2.66. The van der Waals surface area contributed by atoms with Gasteiger partial charge in [0, 0.05) is 31.2 Å². The number of para-hydroxylation sites is 1. The van der Waals surface area contributed by atoms with Crippen LogP contribution in [0.1, 0.15) is 5.56 Å². The highest BCUT2D eigenvalue weighted by molar-refractivity contribution is 5.98. The van der Waals surface area contributed by atoms with E-state index in [1.165, 1.54) is 5.56 Å². The van der Waals surface area contributed by atoms with Crippen LogP contribution in [0, 0.1) is 0 Å². The Morgan fingerprint density at radius 2 is 2.13 bits per heavy atom. The lowest BCUT2D eigenvalue weighted by Crippen LogP contribution is -2.51. The molecule has 0 saturated carbocycles. The minimum Gasteiger partial charge on any atom is -0.365 e. The van der Waals surface area contributed by atoms with Gasteiger partial charge in [-0.05, 0) is 18.1 Å². The van der Waals surface area contributed by atoms with Gasteiger partial charge in [0.05, 0.1) is 19.3 Å². The normalized spacial score (nSPS) is 20.4. The Hall–Kier alpha value is -2.47. The Morgan fingerprint density at radius 1 is 1.22 bits per heavy atom. The van der Waals surface area contributed by atoms with Crippen LogP contribution in [0.3, 0.4) is 0 Å². The predicted molar refractivity (Wildman–Crippen MR) is 86.5 cm³/mol. The van der Waals surface area contributed by atoms with E-state index >= 15 is 0 Å². The average Bonchev–Trinajstić information content (AvgIpc) is 3.06. The summed E-state index contributed by atoms with van der Waals surface area (Å²) in [6.07, 6.45) is 5.48. The quantitative estimate of drug-likeness (QED) is 0.836. The maximum absolute atomic E-state index is 12.9. The van der Waals surface area contributed by atoms with Crippen LogP contribution in [0.4, 0.5) is 11.5 Å². The van der Waals surface area contributed by atoms with E-state index in [0.717, 1.165) is 31.0 Å². The van der Waals surface area contributed by atoms with Crippen LogP contribution in [0.15, 0.2) is 42.9 Å². The van der Waals surface area contributed by atoms with Crippen LogP contribution < -0.4 is 9.80 Å². The van der Waals surface area contributed by atoms with E-state index in [4.69, 9.17) is 4.74 Å². The number of fused-ring (bicyclic) bond motifs is 1. The summed E-state index contributed by atoms with van der Waals surface area (Å²) in [5.41, 5.74) is 2.24. The lowest BCUT2D eigenvalue weighted by atomic mass is 10.2. The number of benzene rings is 1. The molecule has 23 heavy (non-hydrogen) atoms. The third-order valence-corrected chi connectivity index (χ3v) is 4.37. The molecule has 0 bridgehead atoms. The summed E-state index contributed by atoms with van der Waals surface area (Å²) in [4.78, 5) is 25.2. The molecule has 6 heteroatoms. The molecule has 0 N–H and O–H groups in total. The molecule has 0 aliphatic carbocycles. The number of morpholine rings is 1. The van der Waals surface area contributed by atoms with E-state index in [1.54, 1.807) is 18.6 Å². The summed E-state index contributed by atoms with van der Waals surface area (Å²) in [6, 6.07) is 8.07. The fourth-order valence-electron chi connectivity index (χ4n) is 3.20. The minimum absolute atomic E-state index is 0.0311. The zero-order chi connectivity index (χ0) is 15.6. The molecule has 1 aromatic heterocycles. The number of carbonyl (C=O) groups is 1. The van der Waals surface area contributed by atoms with Crippen molar-refractivity contribution in [3.63, 3.8) is 0 Å². The van der Waals surface area contributed by atoms with Crippen molar-refractivity contribution in [1.82, 2.24) is 9.97 Å². The Labute approximate surface area is 134 Å². The topological polar surface area (TPSA) is 58.6 Å². The summed E-state index contributed by atoms with van der Waals surface area (Å²) in [6.45, 7) is 2.47. The van der Waals surface area contributed by atoms with Crippen molar-refractivity contribution in [1.29, 1.82) is 0 Å². The number of rotatable bonds is 2. The van der Waals surface area contributed by atoms with Crippen molar-refractivity contribution in [3.05, 3.63) is 48.4 Å². The van der Waals surface area contributed by atoms with Crippen molar-refractivity contribution in [3.8, 4) is 0 Å². The SMILES string of the molecule is O=C(C1CN(c2cnccn2)CCO1)N1CCc2ccccc21. The monoisotopic (exact) mass is 310 g/mol. The molecule has 4 rings (SSSR count). The Bertz CT molecular complexity index is 707. The van der Waals surface area contributed by atoms with Crippen LogP contribution in [-0.2, 0) is 16.0 Å². The van der Waals surface area contributed by atoms with Crippen molar-refractivity contribution < 1.29 is 9.53 Å². The Balaban J connectivity index is 1.51. The highest BCUT2D eigenvalue weighted by atomic mass is 16.5. The van der Waals surface area contributed by atoms with Crippen molar-refractivity contribution in [2.75, 3.05) is 36.0 Å². The molecular weight excluding hydrogens is 292 g/mol. The fourth-order valence-corrected chi connectivity index (χ4v) is 3.20. The van der Waals surface area contributed by atoms with E-state index in [1.807, 2.05) is 23.1 Å². The van der Waals surface area contributed by atoms with Gasteiger partial charge >= 0.3 is 0 Å². The first-order valence-corrected chi connectivity index (χ1v) is 7.85. The van der Waals surface area contributed by atoms with Gasteiger partial charge in [0.15, 0.2) is 6.10 Å². The smallest absolute Gasteiger partial charge is 0.257 e. The molecule has 1 unspecified atom stereocenters.